The minimum atomic E-state index is -0.405. The van der Waals surface area contributed by atoms with Gasteiger partial charge in [0.1, 0.15) is 0 Å². The molecule has 0 N–H and O–H groups in total. The highest BCUT2D eigenvalue weighted by molar-refractivity contribution is 7.99. The van der Waals surface area contributed by atoms with Gasteiger partial charge in [-0.15, -0.1) is 0 Å². The lowest BCUT2D eigenvalue weighted by Gasteiger charge is -2.30. The van der Waals surface area contributed by atoms with Crippen LogP contribution in [-0.2, 0) is 20.9 Å². The van der Waals surface area contributed by atoms with Crippen molar-refractivity contribution in [2.24, 2.45) is 0 Å². The molecule has 0 aliphatic heterocycles. The van der Waals surface area contributed by atoms with E-state index in [-0.39, 0.29) is 42.3 Å². The maximum absolute atomic E-state index is 12.9. The fourth-order valence-electron chi connectivity index (χ4n) is 3.13. The number of amides is 1. The van der Waals surface area contributed by atoms with Gasteiger partial charge in [0, 0.05) is 18.6 Å². The first-order valence-electron chi connectivity index (χ1n) is 9.26. The van der Waals surface area contributed by atoms with Crippen LogP contribution in [0, 0.1) is 0 Å². The van der Waals surface area contributed by atoms with Gasteiger partial charge < -0.3 is 9.64 Å². The summed E-state index contributed by atoms with van der Waals surface area (Å²) in [6, 6.07) is 7.22. The van der Waals surface area contributed by atoms with Crippen LogP contribution in [0.2, 0.25) is 0 Å². The van der Waals surface area contributed by atoms with Crippen LogP contribution in [-0.4, -0.2) is 51.3 Å². The molecule has 0 aliphatic rings. The first kappa shape index (κ1) is 21.9. The summed E-state index contributed by atoms with van der Waals surface area (Å²) in [5.74, 6) is -0.255. The molecule has 0 bridgehead atoms. The minimum Gasteiger partial charge on any atom is -0.469 e. The summed E-state index contributed by atoms with van der Waals surface area (Å²) >= 11 is 1.22. The Morgan fingerprint density at radius 3 is 2.43 bits per heavy atom. The highest BCUT2D eigenvalue weighted by Gasteiger charge is 2.21. The number of hydrogen-bond acceptors (Lipinski definition) is 6. The van der Waals surface area contributed by atoms with Crippen LogP contribution in [0.3, 0.4) is 0 Å². The highest BCUT2D eigenvalue weighted by Crippen LogP contribution is 2.20. The molecule has 2 aromatic rings. The second kappa shape index (κ2) is 9.73. The Kier molecular flexibility index (Phi) is 7.62. The van der Waals surface area contributed by atoms with Crippen LogP contribution in [0.4, 0.5) is 0 Å². The molecule has 0 unspecified atom stereocenters. The molecule has 0 spiro atoms. The van der Waals surface area contributed by atoms with Gasteiger partial charge in [-0.3, -0.25) is 19.0 Å². The Bertz CT molecular complexity index is 900. The zero-order valence-electron chi connectivity index (χ0n) is 17.0. The summed E-state index contributed by atoms with van der Waals surface area (Å²) in [5.41, 5.74) is 0.343. The molecule has 7 nitrogen and oxygen atoms in total. The monoisotopic (exact) mass is 405 g/mol. The molecule has 152 valence electrons. The number of para-hydroxylation sites is 1. The Labute approximate surface area is 169 Å². The number of aromatic nitrogens is 2. The van der Waals surface area contributed by atoms with E-state index in [1.807, 2.05) is 38.7 Å². The van der Waals surface area contributed by atoms with Gasteiger partial charge in [-0.1, -0.05) is 23.9 Å². The van der Waals surface area contributed by atoms with Gasteiger partial charge in [-0.2, -0.15) is 0 Å². The fraction of sp³-hybridized carbons (Fsp3) is 0.500. The van der Waals surface area contributed by atoms with E-state index in [0.29, 0.717) is 16.1 Å². The van der Waals surface area contributed by atoms with Gasteiger partial charge in [0.15, 0.2) is 5.16 Å². The molecule has 28 heavy (non-hydrogen) atoms. The normalized spacial score (nSPS) is 11.2. The van der Waals surface area contributed by atoms with E-state index in [4.69, 9.17) is 0 Å². The van der Waals surface area contributed by atoms with Gasteiger partial charge in [-0.05, 0) is 39.8 Å². The number of benzene rings is 1. The first-order chi connectivity index (χ1) is 13.3. The smallest absolute Gasteiger partial charge is 0.307 e. The van der Waals surface area contributed by atoms with E-state index in [1.54, 1.807) is 18.2 Å². The maximum Gasteiger partial charge on any atom is 0.307 e. The molecule has 1 aromatic carbocycles. The number of rotatable bonds is 8. The zero-order valence-corrected chi connectivity index (χ0v) is 17.8. The summed E-state index contributed by atoms with van der Waals surface area (Å²) in [6.07, 6.45) is 0.0576. The van der Waals surface area contributed by atoms with Crippen LogP contribution in [0.1, 0.15) is 34.1 Å². The van der Waals surface area contributed by atoms with E-state index in [2.05, 4.69) is 9.72 Å². The summed E-state index contributed by atoms with van der Waals surface area (Å²) in [5, 5.41) is 0.905. The Morgan fingerprint density at radius 1 is 1.18 bits per heavy atom. The van der Waals surface area contributed by atoms with Crippen molar-refractivity contribution in [1.82, 2.24) is 14.5 Å². The van der Waals surface area contributed by atoms with Crippen LogP contribution < -0.4 is 5.56 Å². The quantitative estimate of drug-likeness (QED) is 0.382. The second-order valence-electron chi connectivity index (χ2n) is 6.97. The number of esters is 1. The van der Waals surface area contributed by atoms with Crippen LogP contribution >= 0.6 is 11.8 Å². The van der Waals surface area contributed by atoms with E-state index < -0.39 is 5.97 Å². The Morgan fingerprint density at radius 2 is 1.82 bits per heavy atom. The lowest BCUT2D eigenvalue weighted by atomic mass is 10.2. The molecule has 0 radical (unpaired) electrons. The van der Waals surface area contributed by atoms with Crippen molar-refractivity contribution < 1.29 is 14.3 Å². The molecule has 0 atom stereocenters. The molecule has 2 rings (SSSR count). The average Bonchev–Trinajstić information content (AvgIpc) is 2.64. The predicted octanol–water partition coefficient (Wildman–Crippen LogP) is 2.70. The lowest BCUT2D eigenvalue weighted by Crippen LogP contribution is -2.43. The molecule has 1 aromatic heterocycles. The largest absolute Gasteiger partial charge is 0.469 e. The highest BCUT2D eigenvalue weighted by atomic mass is 32.2. The summed E-state index contributed by atoms with van der Waals surface area (Å²) in [4.78, 5) is 43.5. The third-order valence-corrected chi connectivity index (χ3v) is 5.28. The van der Waals surface area contributed by atoms with E-state index in [9.17, 15) is 14.4 Å². The van der Waals surface area contributed by atoms with Crippen LogP contribution in [0.15, 0.2) is 34.2 Å². The molecule has 0 saturated heterocycles. The first-order valence-corrected chi connectivity index (χ1v) is 10.2. The molecule has 1 heterocycles. The van der Waals surface area contributed by atoms with E-state index in [0.717, 1.165) is 0 Å². The Balaban J connectivity index is 2.34. The van der Waals surface area contributed by atoms with Crippen molar-refractivity contribution in [2.45, 2.75) is 57.9 Å². The summed E-state index contributed by atoms with van der Waals surface area (Å²) in [7, 11) is 1.31. The zero-order chi connectivity index (χ0) is 20.8. The predicted molar refractivity (Wildman–Crippen MR) is 110 cm³/mol. The number of carbonyl (C=O) groups is 2. The van der Waals surface area contributed by atoms with Crippen molar-refractivity contribution >= 4 is 34.5 Å². The van der Waals surface area contributed by atoms with Gasteiger partial charge in [0.05, 0.1) is 30.2 Å². The molecule has 0 fully saturated rings. The fourth-order valence-corrected chi connectivity index (χ4v) is 4.03. The summed E-state index contributed by atoms with van der Waals surface area (Å²) < 4.78 is 6.13. The van der Waals surface area contributed by atoms with Crippen molar-refractivity contribution in [3.63, 3.8) is 0 Å². The molecular weight excluding hydrogens is 378 g/mol. The number of fused-ring (bicyclic) bond motifs is 1. The van der Waals surface area contributed by atoms with Gasteiger partial charge in [0.25, 0.3) is 5.56 Å². The number of carbonyl (C=O) groups excluding carboxylic acids is 2. The SMILES string of the molecule is COC(=O)CCn1c(SCC(=O)N(C(C)C)C(C)C)nc2ccccc2c1=O. The molecule has 8 heteroatoms. The number of hydrogen-bond donors (Lipinski definition) is 0. The molecular formula is C20H27N3O4S. The second-order valence-corrected chi connectivity index (χ2v) is 7.91. The van der Waals surface area contributed by atoms with E-state index >= 15 is 0 Å². The Hall–Kier alpha value is -2.35. The standard InChI is InChI=1S/C20H27N3O4S/c1-13(2)23(14(3)4)17(24)12-28-20-21-16-9-7-6-8-15(16)19(26)22(20)11-10-18(25)27-5/h6-9,13-14H,10-12H2,1-5H3. The maximum atomic E-state index is 12.9. The van der Waals surface area contributed by atoms with Gasteiger partial charge in [-0.25, -0.2) is 4.98 Å². The third kappa shape index (κ3) is 5.13. The number of methoxy groups -OCH3 is 1. The summed E-state index contributed by atoms with van der Waals surface area (Å²) in [6.45, 7) is 8.05. The van der Waals surface area contributed by atoms with Crippen LogP contribution in [0.25, 0.3) is 10.9 Å². The number of ether oxygens (including phenoxy) is 1. The van der Waals surface area contributed by atoms with Gasteiger partial charge in [0.2, 0.25) is 5.91 Å². The lowest BCUT2D eigenvalue weighted by molar-refractivity contribution is -0.141. The van der Waals surface area contributed by atoms with Crippen molar-refractivity contribution in [2.75, 3.05) is 12.9 Å². The van der Waals surface area contributed by atoms with Crippen molar-refractivity contribution in [3.05, 3.63) is 34.6 Å². The molecule has 0 aliphatic carbocycles. The minimum absolute atomic E-state index is 0.0167. The number of thioether (sulfide) groups is 1. The van der Waals surface area contributed by atoms with Gasteiger partial charge >= 0.3 is 5.97 Å². The average molecular weight is 406 g/mol. The molecule has 1 amide bonds. The van der Waals surface area contributed by atoms with Crippen LogP contribution in [0.5, 0.6) is 0 Å². The van der Waals surface area contributed by atoms with E-state index in [1.165, 1.54) is 23.4 Å². The van der Waals surface area contributed by atoms with Crippen molar-refractivity contribution in [3.8, 4) is 0 Å². The number of nitrogens with zero attached hydrogens (tertiary/aromatic N) is 3. The third-order valence-electron chi connectivity index (χ3n) is 4.32. The van der Waals surface area contributed by atoms with Crippen molar-refractivity contribution in [1.29, 1.82) is 0 Å². The molecule has 0 saturated carbocycles. The topological polar surface area (TPSA) is 81.5 Å².